The number of amides is 1. The number of benzene rings is 1. The number of nitrogens with one attached hydrogen (secondary N) is 1. The summed E-state index contributed by atoms with van der Waals surface area (Å²) < 4.78 is 5.92. The van der Waals surface area contributed by atoms with Gasteiger partial charge in [-0.05, 0) is 50.6 Å². The van der Waals surface area contributed by atoms with Gasteiger partial charge in [-0.25, -0.2) is 19.9 Å². The number of carbonyl (C=O) groups is 1. The number of morpholine rings is 1. The minimum absolute atomic E-state index is 0.179. The molecule has 1 aliphatic rings. The number of rotatable bonds is 4. The third kappa shape index (κ3) is 4.28. The molecule has 30 heavy (non-hydrogen) atoms. The van der Waals surface area contributed by atoms with Crippen LogP contribution in [-0.4, -0.2) is 50.6 Å². The number of aromatic nitrogens is 4. The van der Waals surface area contributed by atoms with Crippen molar-refractivity contribution in [2.45, 2.75) is 32.4 Å². The zero-order valence-corrected chi connectivity index (χ0v) is 17.2. The van der Waals surface area contributed by atoms with Crippen molar-refractivity contribution in [3.8, 4) is 11.4 Å². The summed E-state index contributed by atoms with van der Waals surface area (Å²) in [6, 6.07) is 8.69. The number of anilines is 2. The van der Waals surface area contributed by atoms with E-state index in [-0.39, 0.29) is 12.5 Å². The van der Waals surface area contributed by atoms with E-state index in [1.54, 1.807) is 36.9 Å². The van der Waals surface area contributed by atoms with Crippen molar-refractivity contribution < 1.29 is 9.53 Å². The number of aryl methyl sites for hydroxylation is 1. The van der Waals surface area contributed by atoms with Crippen molar-refractivity contribution in [3.63, 3.8) is 0 Å². The quantitative estimate of drug-likeness (QED) is 0.715. The molecule has 1 amide bonds. The van der Waals surface area contributed by atoms with E-state index in [1.807, 2.05) is 43.9 Å². The maximum Gasteiger partial charge on any atom is 0.249 e. The average Bonchev–Trinajstić information content (AvgIpc) is 2.75. The second-order valence-electron chi connectivity index (χ2n) is 7.85. The SMILES string of the molecule is Cc1ccc(NC(=O)[C@@H]2COC(C)(C)CN2c2ncccn2)cc1-c1ncccn1. The lowest BCUT2D eigenvalue weighted by molar-refractivity contribution is -0.123. The number of carbonyl (C=O) groups excluding carboxylic acids is 1. The molecule has 2 aromatic heterocycles. The molecule has 3 aromatic rings. The summed E-state index contributed by atoms with van der Waals surface area (Å²) in [5, 5.41) is 3.00. The lowest BCUT2D eigenvalue weighted by Gasteiger charge is -2.42. The molecule has 4 rings (SSSR count). The van der Waals surface area contributed by atoms with Gasteiger partial charge in [0, 0.05) is 36.0 Å². The second kappa shape index (κ2) is 8.16. The van der Waals surface area contributed by atoms with Gasteiger partial charge in [0.15, 0.2) is 5.82 Å². The van der Waals surface area contributed by atoms with Crippen molar-refractivity contribution in [1.29, 1.82) is 0 Å². The summed E-state index contributed by atoms with van der Waals surface area (Å²) in [5.41, 5.74) is 2.17. The molecule has 0 aliphatic carbocycles. The highest BCUT2D eigenvalue weighted by Crippen LogP contribution is 2.27. The van der Waals surface area contributed by atoms with Crippen molar-refractivity contribution in [1.82, 2.24) is 19.9 Å². The number of hydrogen-bond acceptors (Lipinski definition) is 7. The molecule has 1 atom stereocenters. The Morgan fingerprint density at radius 2 is 1.77 bits per heavy atom. The Balaban J connectivity index is 1.58. The minimum atomic E-state index is -0.543. The van der Waals surface area contributed by atoms with Crippen molar-refractivity contribution in [2.75, 3.05) is 23.4 Å². The van der Waals surface area contributed by atoms with Gasteiger partial charge in [-0.2, -0.15) is 0 Å². The Bertz CT molecular complexity index is 1030. The fraction of sp³-hybridized carbons (Fsp3) is 0.318. The van der Waals surface area contributed by atoms with Crippen LogP contribution < -0.4 is 10.2 Å². The van der Waals surface area contributed by atoms with Crippen LogP contribution in [0.2, 0.25) is 0 Å². The first-order chi connectivity index (χ1) is 14.4. The lowest BCUT2D eigenvalue weighted by Crippen LogP contribution is -2.59. The van der Waals surface area contributed by atoms with Crippen LogP contribution in [0.4, 0.5) is 11.6 Å². The second-order valence-corrected chi connectivity index (χ2v) is 7.85. The first-order valence-electron chi connectivity index (χ1n) is 9.79. The molecule has 0 bridgehead atoms. The Labute approximate surface area is 175 Å². The predicted molar refractivity (Wildman–Crippen MR) is 114 cm³/mol. The highest BCUT2D eigenvalue weighted by Gasteiger charge is 2.39. The third-order valence-corrected chi connectivity index (χ3v) is 4.98. The Morgan fingerprint density at radius 3 is 2.47 bits per heavy atom. The maximum atomic E-state index is 13.2. The van der Waals surface area contributed by atoms with Gasteiger partial charge in [-0.15, -0.1) is 0 Å². The zero-order valence-electron chi connectivity index (χ0n) is 17.2. The molecule has 0 saturated carbocycles. The standard InChI is InChI=1S/C22H24N6O2/c1-15-6-7-16(12-17(15)19-23-8-4-9-24-19)27-20(29)18-13-30-22(2,3)14-28(18)21-25-10-5-11-26-21/h4-12,18H,13-14H2,1-3H3,(H,27,29)/t18-/m0/s1. The van der Waals surface area contributed by atoms with Gasteiger partial charge in [0.05, 0.1) is 18.8 Å². The van der Waals surface area contributed by atoms with Gasteiger partial charge in [0.25, 0.3) is 0 Å². The lowest BCUT2D eigenvalue weighted by atomic mass is 10.0. The van der Waals surface area contributed by atoms with Gasteiger partial charge in [-0.1, -0.05) is 6.07 Å². The van der Waals surface area contributed by atoms with Crippen LogP contribution >= 0.6 is 0 Å². The summed E-state index contributed by atoms with van der Waals surface area (Å²) in [7, 11) is 0. The molecular formula is C22H24N6O2. The van der Waals surface area contributed by atoms with Crippen LogP contribution in [0.5, 0.6) is 0 Å². The van der Waals surface area contributed by atoms with E-state index in [2.05, 4.69) is 25.3 Å². The van der Waals surface area contributed by atoms with Crippen LogP contribution in [0.25, 0.3) is 11.4 Å². The zero-order chi connectivity index (χ0) is 21.1. The fourth-order valence-electron chi connectivity index (χ4n) is 3.43. The van der Waals surface area contributed by atoms with E-state index >= 15 is 0 Å². The highest BCUT2D eigenvalue weighted by atomic mass is 16.5. The molecular weight excluding hydrogens is 380 g/mol. The van der Waals surface area contributed by atoms with Crippen molar-refractivity contribution >= 4 is 17.5 Å². The summed E-state index contributed by atoms with van der Waals surface area (Å²) in [5.74, 6) is 0.950. The number of nitrogens with zero attached hydrogens (tertiary/aromatic N) is 5. The molecule has 0 spiro atoms. The molecule has 154 valence electrons. The Kier molecular flexibility index (Phi) is 5.41. The van der Waals surface area contributed by atoms with Gasteiger partial charge in [0.2, 0.25) is 11.9 Å². The van der Waals surface area contributed by atoms with Gasteiger partial charge in [-0.3, -0.25) is 4.79 Å². The molecule has 1 saturated heterocycles. The van der Waals surface area contributed by atoms with Crippen LogP contribution in [0.3, 0.4) is 0 Å². The van der Waals surface area contributed by atoms with Crippen LogP contribution in [-0.2, 0) is 9.53 Å². The monoisotopic (exact) mass is 404 g/mol. The highest BCUT2D eigenvalue weighted by molar-refractivity contribution is 5.97. The molecule has 1 aromatic carbocycles. The normalized spacial score (nSPS) is 18.1. The third-order valence-electron chi connectivity index (χ3n) is 4.98. The summed E-state index contributed by atoms with van der Waals surface area (Å²) in [6.07, 6.45) is 6.75. The molecule has 8 nitrogen and oxygen atoms in total. The van der Waals surface area contributed by atoms with Crippen LogP contribution in [0, 0.1) is 6.92 Å². The van der Waals surface area contributed by atoms with Crippen molar-refractivity contribution in [2.24, 2.45) is 0 Å². The molecule has 1 fully saturated rings. The predicted octanol–water partition coefficient (Wildman–Crippen LogP) is 2.86. The molecule has 3 heterocycles. The van der Waals surface area contributed by atoms with E-state index in [0.29, 0.717) is 24.0 Å². The summed E-state index contributed by atoms with van der Waals surface area (Å²) >= 11 is 0. The molecule has 1 N–H and O–H groups in total. The first-order valence-corrected chi connectivity index (χ1v) is 9.79. The Morgan fingerprint density at radius 1 is 1.10 bits per heavy atom. The summed E-state index contributed by atoms with van der Waals surface area (Å²) in [4.78, 5) is 32.4. The summed E-state index contributed by atoms with van der Waals surface area (Å²) in [6.45, 7) is 6.72. The van der Waals surface area contributed by atoms with Gasteiger partial charge < -0.3 is 15.0 Å². The van der Waals surface area contributed by atoms with Gasteiger partial charge >= 0.3 is 0 Å². The topological polar surface area (TPSA) is 93.1 Å². The van der Waals surface area contributed by atoms with E-state index < -0.39 is 11.6 Å². The van der Waals surface area contributed by atoms with E-state index in [1.165, 1.54) is 0 Å². The van der Waals surface area contributed by atoms with Crippen LogP contribution in [0.15, 0.2) is 55.1 Å². The largest absolute Gasteiger partial charge is 0.371 e. The van der Waals surface area contributed by atoms with Crippen LogP contribution in [0.1, 0.15) is 19.4 Å². The first kappa shape index (κ1) is 19.9. The molecule has 8 heteroatoms. The molecule has 1 aliphatic heterocycles. The number of ether oxygens (including phenoxy) is 1. The molecule has 0 radical (unpaired) electrons. The number of hydrogen-bond donors (Lipinski definition) is 1. The molecule has 0 unspecified atom stereocenters. The maximum absolute atomic E-state index is 13.2. The van der Waals surface area contributed by atoms with Gasteiger partial charge in [0.1, 0.15) is 6.04 Å². The van der Waals surface area contributed by atoms with E-state index in [4.69, 9.17) is 4.74 Å². The fourth-order valence-corrected chi connectivity index (χ4v) is 3.43. The smallest absolute Gasteiger partial charge is 0.249 e. The van der Waals surface area contributed by atoms with Crippen molar-refractivity contribution in [3.05, 3.63) is 60.7 Å². The average molecular weight is 404 g/mol. The Hall–Kier alpha value is -3.39. The minimum Gasteiger partial charge on any atom is -0.371 e. The van der Waals surface area contributed by atoms with E-state index in [9.17, 15) is 4.79 Å². The van der Waals surface area contributed by atoms with E-state index in [0.717, 1.165) is 11.1 Å².